The summed E-state index contributed by atoms with van der Waals surface area (Å²) in [6.45, 7) is 6.14. The van der Waals surface area contributed by atoms with E-state index in [2.05, 4.69) is 14.8 Å². The molecule has 1 aliphatic heterocycles. The fourth-order valence-electron chi connectivity index (χ4n) is 3.30. The van der Waals surface area contributed by atoms with Crippen molar-refractivity contribution in [3.05, 3.63) is 51.5 Å². The highest BCUT2D eigenvalue weighted by Crippen LogP contribution is 2.21. The number of halogens is 2. The van der Waals surface area contributed by atoms with Gasteiger partial charge in [0.1, 0.15) is 0 Å². The van der Waals surface area contributed by atoms with Gasteiger partial charge in [-0.15, -0.1) is 11.3 Å². The first-order valence-electron chi connectivity index (χ1n) is 8.47. The second kappa shape index (κ2) is 8.31. The second-order valence-corrected chi connectivity index (χ2v) is 7.79. The molecule has 1 N–H and O–H groups in total. The molecular weight excluding hydrogens is 344 g/mol. The van der Waals surface area contributed by atoms with E-state index in [0.717, 1.165) is 36.8 Å². The molecule has 1 aromatic heterocycles. The summed E-state index contributed by atoms with van der Waals surface area (Å²) in [4.78, 5) is 10.2. The van der Waals surface area contributed by atoms with Crippen LogP contribution in [0.3, 0.4) is 0 Å². The Morgan fingerprint density at radius 2 is 2.08 bits per heavy atom. The van der Waals surface area contributed by atoms with Gasteiger partial charge in [0.05, 0.1) is 5.01 Å². The molecule has 1 fully saturated rings. The van der Waals surface area contributed by atoms with Crippen LogP contribution in [0.4, 0.5) is 8.78 Å². The van der Waals surface area contributed by atoms with E-state index >= 15 is 0 Å². The maximum absolute atomic E-state index is 13.4. The number of hydrogen-bond acceptors (Lipinski definition) is 5. The molecule has 4 nitrogen and oxygen atoms in total. The van der Waals surface area contributed by atoms with E-state index in [9.17, 15) is 13.9 Å². The molecule has 1 aliphatic rings. The number of rotatable bonds is 6. The molecule has 2 aromatic rings. The molecule has 0 amide bonds. The molecule has 0 aliphatic carbocycles. The molecule has 7 heteroatoms. The minimum absolute atomic E-state index is 0.118. The Hall–Kier alpha value is -1.41. The Balaban J connectivity index is 1.63. The van der Waals surface area contributed by atoms with Crippen LogP contribution in [0.5, 0.6) is 0 Å². The summed E-state index contributed by atoms with van der Waals surface area (Å²) in [6.07, 6.45) is 2.59. The molecule has 1 saturated heterocycles. The first-order chi connectivity index (χ1) is 12.0. The fraction of sp³-hybridized carbons (Fsp3) is 0.500. The number of piperazine rings is 1. The predicted molar refractivity (Wildman–Crippen MR) is 94.4 cm³/mol. The lowest BCUT2D eigenvalue weighted by Crippen LogP contribution is -2.52. The van der Waals surface area contributed by atoms with E-state index in [4.69, 9.17) is 0 Å². The molecule has 0 spiro atoms. The van der Waals surface area contributed by atoms with Gasteiger partial charge >= 0.3 is 0 Å². The van der Waals surface area contributed by atoms with Crippen molar-refractivity contribution >= 4 is 11.3 Å². The van der Waals surface area contributed by atoms with Crippen molar-refractivity contribution in [3.63, 3.8) is 0 Å². The van der Waals surface area contributed by atoms with E-state index < -0.39 is 11.6 Å². The number of benzene rings is 1. The summed E-state index contributed by atoms with van der Waals surface area (Å²) in [6, 6.07) is 4.26. The van der Waals surface area contributed by atoms with Crippen molar-refractivity contribution in [1.29, 1.82) is 0 Å². The molecule has 0 saturated carbocycles. The topological polar surface area (TPSA) is 39.6 Å². The van der Waals surface area contributed by atoms with Crippen LogP contribution in [-0.4, -0.2) is 52.2 Å². The third kappa shape index (κ3) is 4.82. The number of hydrogen-bond donors (Lipinski definition) is 1. The van der Waals surface area contributed by atoms with Gasteiger partial charge in [-0.05, 0) is 31.0 Å². The zero-order valence-electron chi connectivity index (χ0n) is 14.3. The van der Waals surface area contributed by atoms with Crippen molar-refractivity contribution < 1.29 is 13.9 Å². The first kappa shape index (κ1) is 18.4. The lowest BCUT2D eigenvalue weighted by Gasteiger charge is -2.41. The van der Waals surface area contributed by atoms with Gasteiger partial charge in [-0.25, -0.2) is 13.8 Å². The summed E-state index contributed by atoms with van der Waals surface area (Å²) in [5, 5.41) is 10.5. The monoisotopic (exact) mass is 367 g/mol. The maximum Gasteiger partial charge on any atom is 0.159 e. The predicted octanol–water partition coefficient (Wildman–Crippen LogP) is 2.80. The normalized spacial score (nSPS) is 19.4. The number of aromatic nitrogens is 1. The SMILES string of the molecule is Cc1ncc(CN2CCN(Cc3ccc(F)c(F)c3)C(CCO)C2)s1. The Morgan fingerprint density at radius 1 is 1.24 bits per heavy atom. The second-order valence-electron chi connectivity index (χ2n) is 6.47. The Labute approximate surface area is 150 Å². The van der Waals surface area contributed by atoms with Crippen molar-refractivity contribution in [3.8, 4) is 0 Å². The number of nitrogens with zero attached hydrogens (tertiary/aromatic N) is 3. The Kier molecular flexibility index (Phi) is 6.11. The number of aliphatic hydroxyl groups is 1. The first-order valence-corrected chi connectivity index (χ1v) is 9.29. The zero-order valence-corrected chi connectivity index (χ0v) is 15.1. The average molecular weight is 367 g/mol. The van der Waals surface area contributed by atoms with Crippen LogP contribution >= 0.6 is 11.3 Å². The van der Waals surface area contributed by atoms with Gasteiger partial charge in [0, 0.05) is 56.4 Å². The van der Waals surface area contributed by atoms with E-state index in [-0.39, 0.29) is 12.6 Å². The lowest BCUT2D eigenvalue weighted by molar-refractivity contribution is 0.0503. The van der Waals surface area contributed by atoms with Gasteiger partial charge in [0.25, 0.3) is 0 Å². The molecule has 1 unspecified atom stereocenters. The third-order valence-electron chi connectivity index (χ3n) is 4.57. The number of thiazole rings is 1. The van der Waals surface area contributed by atoms with E-state index in [1.165, 1.54) is 17.0 Å². The van der Waals surface area contributed by atoms with Gasteiger partial charge < -0.3 is 5.11 Å². The Morgan fingerprint density at radius 3 is 2.76 bits per heavy atom. The van der Waals surface area contributed by atoms with Crippen LogP contribution in [0.1, 0.15) is 21.9 Å². The lowest BCUT2D eigenvalue weighted by atomic mass is 10.1. The van der Waals surface area contributed by atoms with Crippen molar-refractivity contribution in [2.45, 2.75) is 32.5 Å². The van der Waals surface area contributed by atoms with E-state index in [1.54, 1.807) is 17.4 Å². The van der Waals surface area contributed by atoms with Gasteiger partial charge in [-0.1, -0.05) is 6.07 Å². The maximum atomic E-state index is 13.4. The molecule has 3 rings (SSSR count). The molecule has 136 valence electrons. The molecular formula is C18H23F2N3OS. The largest absolute Gasteiger partial charge is 0.396 e. The van der Waals surface area contributed by atoms with Crippen LogP contribution in [0.15, 0.2) is 24.4 Å². The van der Waals surface area contributed by atoms with Gasteiger partial charge in [-0.3, -0.25) is 9.80 Å². The van der Waals surface area contributed by atoms with Gasteiger partial charge in [-0.2, -0.15) is 0 Å². The fourth-order valence-corrected chi connectivity index (χ4v) is 4.14. The summed E-state index contributed by atoms with van der Waals surface area (Å²) in [5.41, 5.74) is 0.758. The summed E-state index contributed by atoms with van der Waals surface area (Å²) in [7, 11) is 0. The number of aryl methyl sites for hydroxylation is 1. The van der Waals surface area contributed by atoms with Crippen LogP contribution in [-0.2, 0) is 13.1 Å². The van der Waals surface area contributed by atoms with Gasteiger partial charge in [0.15, 0.2) is 11.6 Å². The smallest absolute Gasteiger partial charge is 0.159 e. The third-order valence-corrected chi connectivity index (χ3v) is 5.47. The summed E-state index contributed by atoms with van der Waals surface area (Å²) >= 11 is 1.71. The van der Waals surface area contributed by atoms with Crippen LogP contribution in [0.25, 0.3) is 0 Å². The number of aliphatic hydroxyl groups excluding tert-OH is 1. The average Bonchev–Trinajstić information content (AvgIpc) is 2.98. The molecule has 2 heterocycles. The quantitative estimate of drug-likeness (QED) is 0.852. The van der Waals surface area contributed by atoms with Crippen molar-refractivity contribution in [2.75, 3.05) is 26.2 Å². The van der Waals surface area contributed by atoms with E-state index in [0.29, 0.717) is 13.0 Å². The van der Waals surface area contributed by atoms with Gasteiger partial charge in [0.2, 0.25) is 0 Å². The van der Waals surface area contributed by atoms with Crippen LogP contribution in [0, 0.1) is 18.6 Å². The van der Waals surface area contributed by atoms with Crippen LogP contribution < -0.4 is 0 Å². The molecule has 1 atom stereocenters. The molecule has 0 bridgehead atoms. The highest BCUT2D eigenvalue weighted by atomic mass is 32.1. The van der Waals surface area contributed by atoms with Crippen LogP contribution in [0.2, 0.25) is 0 Å². The molecule has 0 radical (unpaired) electrons. The minimum Gasteiger partial charge on any atom is -0.396 e. The highest BCUT2D eigenvalue weighted by Gasteiger charge is 2.27. The summed E-state index contributed by atoms with van der Waals surface area (Å²) < 4.78 is 26.5. The molecule has 1 aromatic carbocycles. The Bertz CT molecular complexity index is 709. The highest BCUT2D eigenvalue weighted by molar-refractivity contribution is 7.11. The standard InChI is InChI=1S/C18H23F2N3OS/c1-13-21-9-16(25-13)12-22-5-6-23(15(11-22)4-7-24)10-14-2-3-17(19)18(20)8-14/h2-3,8-9,15,24H,4-7,10-12H2,1H3. The molecule has 25 heavy (non-hydrogen) atoms. The summed E-state index contributed by atoms with van der Waals surface area (Å²) in [5.74, 6) is -1.63. The minimum atomic E-state index is -0.819. The van der Waals surface area contributed by atoms with Crippen molar-refractivity contribution in [1.82, 2.24) is 14.8 Å². The van der Waals surface area contributed by atoms with Crippen molar-refractivity contribution in [2.24, 2.45) is 0 Å². The van der Waals surface area contributed by atoms with E-state index in [1.807, 2.05) is 13.1 Å². The zero-order chi connectivity index (χ0) is 17.8.